The summed E-state index contributed by atoms with van der Waals surface area (Å²) in [5, 5.41) is 0. The SMILES string of the molecule is Cc1ccc(S(=O)(=O)/N=C2/C(CCCCOCc3ccccc3)=C(c3ccccc3)C(C)(C)C2C)cc1. The van der Waals surface area contributed by atoms with Crippen LogP contribution in [-0.2, 0) is 21.4 Å². The molecule has 0 amide bonds. The maximum atomic E-state index is 13.4. The topological polar surface area (TPSA) is 55.7 Å². The summed E-state index contributed by atoms with van der Waals surface area (Å²) in [5.41, 5.74) is 6.01. The van der Waals surface area contributed by atoms with Gasteiger partial charge in [-0.05, 0) is 66.0 Å². The van der Waals surface area contributed by atoms with Crippen molar-refractivity contribution in [3.8, 4) is 0 Å². The minimum Gasteiger partial charge on any atom is -0.377 e. The van der Waals surface area contributed by atoms with E-state index in [1.807, 2.05) is 55.5 Å². The van der Waals surface area contributed by atoms with Crippen LogP contribution in [0.2, 0.25) is 0 Å². The fourth-order valence-corrected chi connectivity index (χ4v) is 6.15. The van der Waals surface area contributed by atoms with E-state index in [4.69, 9.17) is 4.74 Å². The van der Waals surface area contributed by atoms with Crippen LogP contribution in [0.1, 0.15) is 56.7 Å². The Bertz CT molecular complexity index is 1360. The average Bonchev–Trinajstić information content (AvgIpc) is 3.07. The predicted molar refractivity (Wildman–Crippen MR) is 152 cm³/mol. The highest BCUT2D eigenvalue weighted by molar-refractivity contribution is 7.90. The lowest BCUT2D eigenvalue weighted by Gasteiger charge is -2.28. The Morgan fingerprint density at radius 1 is 0.865 bits per heavy atom. The molecule has 194 valence electrons. The molecule has 0 heterocycles. The molecule has 0 saturated carbocycles. The van der Waals surface area contributed by atoms with Crippen LogP contribution in [0.15, 0.2) is 99.8 Å². The van der Waals surface area contributed by atoms with Gasteiger partial charge < -0.3 is 4.74 Å². The lowest BCUT2D eigenvalue weighted by molar-refractivity contribution is 0.117. The molecular formula is C32H37NO3S. The molecular weight excluding hydrogens is 478 g/mol. The van der Waals surface area contributed by atoms with E-state index < -0.39 is 10.0 Å². The third kappa shape index (κ3) is 6.28. The molecule has 1 aliphatic carbocycles. The molecule has 0 aromatic heterocycles. The Morgan fingerprint density at radius 2 is 1.49 bits per heavy atom. The van der Waals surface area contributed by atoms with Gasteiger partial charge >= 0.3 is 0 Å². The Labute approximate surface area is 222 Å². The molecule has 3 aromatic rings. The molecule has 0 bridgehead atoms. The fourth-order valence-electron chi connectivity index (χ4n) is 5.04. The second-order valence-corrected chi connectivity index (χ2v) is 12.0. The van der Waals surface area contributed by atoms with Crippen LogP contribution in [0, 0.1) is 18.3 Å². The van der Waals surface area contributed by atoms with Gasteiger partial charge in [-0.15, -0.1) is 0 Å². The van der Waals surface area contributed by atoms with Gasteiger partial charge in [-0.2, -0.15) is 12.8 Å². The summed E-state index contributed by atoms with van der Waals surface area (Å²) >= 11 is 0. The first-order valence-electron chi connectivity index (χ1n) is 13.0. The van der Waals surface area contributed by atoms with E-state index in [1.54, 1.807) is 12.1 Å². The largest absolute Gasteiger partial charge is 0.377 e. The van der Waals surface area contributed by atoms with Crippen LogP contribution >= 0.6 is 0 Å². The highest BCUT2D eigenvalue weighted by atomic mass is 32.2. The van der Waals surface area contributed by atoms with Gasteiger partial charge in [0.2, 0.25) is 0 Å². The van der Waals surface area contributed by atoms with Crippen molar-refractivity contribution in [2.24, 2.45) is 15.7 Å². The number of hydrogen-bond donors (Lipinski definition) is 0. The molecule has 1 atom stereocenters. The van der Waals surface area contributed by atoms with E-state index in [0.717, 1.165) is 36.0 Å². The lowest BCUT2D eigenvalue weighted by atomic mass is 9.75. The van der Waals surface area contributed by atoms with Crippen molar-refractivity contribution >= 4 is 21.3 Å². The van der Waals surface area contributed by atoms with Crippen molar-refractivity contribution in [3.05, 3.63) is 107 Å². The molecule has 5 heteroatoms. The van der Waals surface area contributed by atoms with E-state index >= 15 is 0 Å². The molecule has 4 nitrogen and oxygen atoms in total. The van der Waals surface area contributed by atoms with Gasteiger partial charge in [-0.3, -0.25) is 0 Å². The summed E-state index contributed by atoms with van der Waals surface area (Å²) in [5.74, 6) is -0.0349. The van der Waals surface area contributed by atoms with E-state index in [2.05, 4.69) is 49.4 Å². The number of allylic oxidation sites excluding steroid dienone is 2. The molecule has 0 radical (unpaired) electrons. The molecule has 37 heavy (non-hydrogen) atoms. The van der Waals surface area contributed by atoms with Crippen LogP contribution in [-0.4, -0.2) is 20.7 Å². The number of aryl methyl sites for hydroxylation is 1. The Hall–Kier alpha value is -3.02. The third-order valence-electron chi connectivity index (χ3n) is 7.42. The molecule has 0 fully saturated rings. The van der Waals surface area contributed by atoms with Gasteiger partial charge in [0.15, 0.2) is 0 Å². The normalized spacial score (nSPS) is 18.5. The Kier molecular flexibility index (Phi) is 8.46. The summed E-state index contributed by atoms with van der Waals surface area (Å²) in [7, 11) is -3.82. The van der Waals surface area contributed by atoms with Crippen LogP contribution in [0.5, 0.6) is 0 Å². The van der Waals surface area contributed by atoms with Gasteiger partial charge in [0.1, 0.15) is 0 Å². The zero-order valence-electron chi connectivity index (χ0n) is 22.3. The smallest absolute Gasteiger partial charge is 0.282 e. The number of hydrogen-bond acceptors (Lipinski definition) is 3. The van der Waals surface area contributed by atoms with Crippen LogP contribution in [0.25, 0.3) is 5.57 Å². The minimum absolute atomic E-state index is 0.0349. The first-order valence-corrected chi connectivity index (χ1v) is 14.5. The van der Waals surface area contributed by atoms with Gasteiger partial charge in [0, 0.05) is 12.5 Å². The fraction of sp³-hybridized carbons (Fsp3) is 0.344. The first-order chi connectivity index (χ1) is 17.7. The van der Waals surface area contributed by atoms with Crippen molar-refractivity contribution in [2.75, 3.05) is 6.61 Å². The highest BCUT2D eigenvalue weighted by Gasteiger charge is 2.44. The zero-order chi connectivity index (χ0) is 26.5. The zero-order valence-corrected chi connectivity index (χ0v) is 23.1. The number of nitrogens with zero attached hydrogens (tertiary/aromatic N) is 1. The maximum absolute atomic E-state index is 13.4. The van der Waals surface area contributed by atoms with E-state index in [9.17, 15) is 8.42 Å². The number of sulfonamides is 1. The second-order valence-electron chi connectivity index (χ2n) is 10.4. The monoisotopic (exact) mass is 515 g/mol. The summed E-state index contributed by atoms with van der Waals surface area (Å²) in [6.07, 6.45) is 2.55. The third-order valence-corrected chi connectivity index (χ3v) is 8.73. The highest BCUT2D eigenvalue weighted by Crippen LogP contribution is 2.51. The van der Waals surface area contributed by atoms with Crippen molar-refractivity contribution in [1.29, 1.82) is 0 Å². The van der Waals surface area contributed by atoms with Crippen LogP contribution < -0.4 is 0 Å². The van der Waals surface area contributed by atoms with Gasteiger partial charge in [-0.25, -0.2) is 0 Å². The minimum atomic E-state index is -3.82. The molecule has 3 aromatic carbocycles. The van der Waals surface area contributed by atoms with Crippen molar-refractivity contribution in [3.63, 3.8) is 0 Å². The molecule has 1 aliphatic rings. The van der Waals surface area contributed by atoms with Gasteiger partial charge in [0.25, 0.3) is 10.0 Å². The summed E-state index contributed by atoms with van der Waals surface area (Å²) in [6.45, 7) is 9.71. The number of ether oxygens (including phenoxy) is 1. The maximum Gasteiger partial charge on any atom is 0.282 e. The van der Waals surface area contributed by atoms with Crippen molar-refractivity contribution < 1.29 is 13.2 Å². The number of rotatable bonds is 10. The number of unbranched alkanes of at least 4 members (excludes halogenated alkanes) is 1. The average molecular weight is 516 g/mol. The van der Waals surface area contributed by atoms with Gasteiger partial charge in [0.05, 0.1) is 17.2 Å². The first kappa shape index (κ1) is 27.0. The molecule has 0 aliphatic heterocycles. The van der Waals surface area contributed by atoms with Crippen molar-refractivity contribution in [1.82, 2.24) is 0 Å². The lowest BCUT2D eigenvalue weighted by Crippen LogP contribution is -2.23. The molecule has 0 saturated heterocycles. The molecule has 1 unspecified atom stereocenters. The molecule has 0 N–H and O–H groups in total. The molecule has 4 rings (SSSR count). The quantitative estimate of drug-likeness (QED) is 0.261. The van der Waals surface area contributed by atoms with Crippen LogP contribution in [0.3, 0.4) is 0 Å². The van der Waals surface area contributed by atoms with Crippen molar-refractivity contribution in [2.45, 2.75) is 58.5 Å². The summed E-state index contributed by atoms with van der Waals surface area (Å²) in [6, 6.07) is 27.4. The molecule has 0 spiro atoms. The van der Waals surface area contributed by atoms with E-state index in [-0.39, 0.29) is 16.2 Å². The Morgan fingerprint density at radius 3 is 2.14 bits per heavy atom. The van der Waals surface area contributed by atoms with E-state index in [1.165, 1.54) is 11.1 Å². The predicted octanol–water partition coefficient (Wildman–Crippen LogP) is 7.64. The standard InChI is InChI=1S/C32H37NO3S/c1-24-18-20-28(21-19-24)37(34,35)33-31-25(2)32(3,4)30(27-15-9-6-10-16-27)29(31)17-11-12-22-36-23-26-13-7-5-8-14-26/h5-10,13-16,18-21,25H,11-12,17,22-23H2,1-4H3/b33-31+. The summed E-state index contributed by atoms with van der Waals surface area (Å²) in [4.78, 5) is 0.234. The summed E-state index contributed by atoms with van der Waals surface area (Å²) < 4.78 is 37.1. The van der Waals surface area contributed by atoms with Gasteiger partial charge in [-0.1, -0.05) is 99.1 Å². The number of benzene rings is 3. The Balaban J connectivity index is 1.60. The van der Waals surface area contributed by atoms with E-state index in [0.29, 0.717) is 18.9 Å². The second kappa shape index (κ2) is 11.6. The van der Waals surface area contributed by atoms with Crippen LogP contribution in [0.4, 0.5) is 0 Å².